The average Bonchev–Trinajstić information content (AvgIpc) is 2.40. The smallest absolute Gasteiger partial charge is 0.350 e. The van der Waals surface area contributed by atoms with Crippen LogP contribution in [0.5, 0.6) is 0 Å². The highest BCUT2D eigenvalue weighted by Crippen LogP contribution is 2.21. The quantitative estimate of drug-likeness (QED) is 0.537. The van der Waals surface area contributed by atoms with Gasteiger partial charge in [-0.1, -0.05) is 11.6 Å². The van der Waals surface area contributed by atoms with E-state index in [4.69, 9.17) is 11.6 Å². The van der Waals surface area contributed by atoms with E-state index in [2.05, 4.69) is 4.98 Å². The van der Waals surface area contributed by atoms with Crippen LogP contribution in [0.1, 0.15) is 5.69 Å². The SMILES string of the molecule is Cc1nc2ccc(Cl)cn2c1[N+](=O)[O-]. The first kappa shape index (κ1) is 8.96. The molecule has 2 heterocycles. The molecule has 72 valence electrons. The van der Waals surface area contributed by atoms with E-state index in [0.717, 1.165) is 0 Å². The fraction of sp³-hybridized carbons (Fsp3) is 0.125. The van der Waals surface area contributed by atoms with Crippen LogP contribution in [0.4, 0.5) is 5.82 Å². The molecule has 14 heavy (non-hydrogen) atoms. The second-order valence-corrected chi connectivity index (χ2v) is 3.29. The van der Waals surface area contributed by atoms with Crippen molar-refractivity contribution >= 4 is 23.1 Å². The van der Waals surface area contributed by atoms with Gasteiger partial charge in [0.25, 0.3) is 0 Å². The molecule has 2 rings (SSSR count). The van der Waals surface area contributed by atoms with Gasteiger partial charge in [0.2, 0.25) is 5.65 Å². The molecule has 2 aromatic heterocycles. The van der Waals surface area contributed by atoms with E-state index in [1.54, 1.807) is 19.1 Å². The molecule has 2 aromatic rings. The van der Waals surface area contributed by atoms with Crippen LogP contribution in [0.2, 0.25) is 5.02 Å². The Bertz CT molecular complexity index is 521. The Balaban J connectivity index is 2.86. The second kappa shape index (κ2) is 2.95. The third kappa shape index (κ3) is 1.22. The van der Waals surface area contributed by atoms with Gasteiger partial charge in [-0.3, -0.25) is 0 Å². The topological polar surface area (TPSA) is 60.4 Å². The van der Waals surface area contributed by atoms with Gasteiger partial charge in [0.05, 0.1) is 5.02 Å². The minimum absolute atomic E-state index is 0.0394. The summed E-state index contributed by atoms with van der Waals surface area (Å²) in [7, 11) is 0. The van der Waals surface area contributed by atoms with Crippen LogP contribution < -0.4 is 0 Å². The van der Waals surface area contributed by atoms with Gasteiger partial charge in [0.15, 0.2) is 0 Å². The van der Waals surface area contributed by atoms with Crippen molar-refractivity contribution in [3.05, 3.63) is 39.2 Å². The molecule has 0 amide bonds. The summed E-state index contributed by atoms with van der Waals surface area (Å²) in [5.41, 5.74) is 0.913. The van der Waals surface area contributed by atoms with Crippen LogP contribution in [0.3, 0.4) is 0 Å². The zero-order valence-electron chi connectivity index (χ0n) is 7.27. The lowest BCUT2D eigenvalue weighted by molar-refractivity contribution is -0.390. The van der Waals surface area contributed by atoms with Crippen LogP contribution >= 0.6 is 11.6 Å². The zero-order chi connectivity index (χ0) is 10.3. The van der Waals surface area contributed by atoms with E-state index in [1.807, 2.05) is 0 Å². The van der Waals surface area contributed by atoms with Crippen LogP contribution in [0, 0.1) is 17.0 Å². The molecule has 0 aliphatic rings. The molecule has 0 N–H and O–H groups in total. The maximum absolute atomic E-state index is 10.7. The van der Waals surface area contributed by atoms with Gasteiger partial charge < -0.3 is 10.1 Å². The van der Waals surface area contributed by atoms with E-state index in [0.29, 0.717) is 16.4 Å². The number of hydrogen-bond donors (Lipinski definition) is 0. The maximum atomic E-state index is 10.7. The van der Waals surface area contributed by atoms with Gasteiger partial charge in [0.1, 0.15) is 11.9 Å². The highest BCUT2D eigenvalue weighted by Gasteiger charge is 2.18. The summed E-state index contributed by atoms with van der Waals surface area (Å²) in [6.07, 6.45) is 1.48. The molecule has 0 fully saturated rings. The Labute approximate surface area is 84.1 Å². The molecule has 0 aliphatic heterocycles. The van der Waals surface area contributed by atoms with Crippen LogP contribution in [0.15, 0.2) is 18.3 Å². The van der Waals surface area contributed by atoms with Crippen molar-refractivity contribution in [2.24, 2.45) is 0 Å². The molecule has 0 spiro atoms. The number of imidazole rings is 1. The lowest BCUT2D eigenvalue weighted by Crippen LogP contribution is -1.95. The van der Waals surface area contributed by atoms with Gasteiger partial charge in [0, 0.05) is 6.07 Å². The number of nitro groups is 1. The summed E-state index contributed by atoms with van der Waals surface area (Å²) < 4.78 is 1.37. The first-order valence-electron chi connectivity index (χ1n) is 3.88. The fourth-order valence-corrected chi connectivity index (χ4v) is 1.50. The summed E-state index contributed by atoms with van der Waals surface area (Å²) in [5, 5.41) is 11.2. The number of fused-ring (bicyclic) bond motifs is 1. The van der Waals surface area contributed by atoms with Crippen molar-refractivity contribution in [3.63, 3.8) is 0 Å². The van der Waals surface area contributed by atoms with Gasteiger partial charge in [-0.25, -0.2) is 4.98 Å². The number of aryl methyl sites for hydroxylation is 1. The molecule has 0 atom stereocenters. The number of rotatable bonds is 1. The minimum Gasteiger partial charge on any atom is -0.358 e. The summed E-state index contributed by atoms with van der Waals surface area (Å²) in [6.45, 7) is 1.60. The van der Waals surface area contributed by atoms with E-state index in [1.165, 1.54) is 10.6 Å². The number of halogens is 1. The molecular formula is C8H6ClN3O2. The Morgan fingerprint density at radius 3 is 2.93 bits per heavy atom. The summed E-state index contributed by atoms with van der Waals surface area (Å²) in [5.74, 6) is -0.0394. The van der Waals surface area contributed by atoms with Crippen molar-refractivity contribution in [2.45, 2.75) is 6.92 Å². The van der Waals surface area contributed by atoms with Crippen molar-refractivity contribution in [3.8, 4) is 0 Å². The Kier molecular flexibility index (Phi) is 1.89. The molecule has 6 heteroatoms. The first-order chi connectivity index (χ1) is 6.59. The third-order valence-corrected chi connectivity index (χ3v) is 2.12. The highest BCUT2D eigenvalue weighted by molar-refractivity contribution is 6.30. The van der Waals surface area contributed by atoms with Crippen LogP contribution in [0.25, 0.3) is 5.65 Å². The second-order valence-electron chi connectivity index (χ2n) is 2.85. The molecule has 0 saturated heterocycles. The highest BCUT2D eigenvalue weighted by atomic mass is 35.5. The predicted molar refractivity (Wildman–Crippen MR) is 51.6 cm³/mol. The molecular weight excluding hydrogens is 206 g/mol. The number of nitrogens with zero attached hydrogens (tertiary/aromatic N) is 3. The summed E-state index contributed by atoms with van der Waals surface area (Å²) >= 11 is 5.73. The van der Waals surface area contributed by atoms with Crippen LogP contribution in [-0.2, 0) is 0 Å². The average molecular weight is 212 g/mol. The van der Waals surface area contributed by atoms with Crippen molar-refractivity contribution in [1.29, 1.82) is 0 Å². The van der Waals surface area contributed by atoms with E-state index in [9.17, 15) is 10.1 Å². The van der Waals surface area contributed by atoms with Gasteiger partial charge >= 0.3 is 5.82 Å². The zero-order valence-corrected chi connectivity index (χ0v) is 8.02. The van der Waals surface area contributed by atoms with Gasteiger partial charge in [-0.15, -0.1) is 0 Å². The number of pyridine rings is 1. The fourth-order valence-electron chi connectivity index (χ4n) is 1.34. The van der Waals surface area contributed by atoms with E-state index in [-0.39, 0.29) is 5.82 Å². The minimum atomic E-state index is -0.467. The lowest BCUT2D eigenvalue weighted by Gasteiger charge is -1.94. The molecule has 0 aliphatic carbocycles. The molecule has 0 unspecified atom stereocenters. The monoisotopic (exact) mass is 211 g/mol. The van der Waals surface area contributed by atoms with Crippen molar-refractivity contribution in [1.82, 2.24) is 9.38 Å². The molecule has 0 saturated carbocycles. The Morgan fingerprint density at radius 2 is 2.29 bits per heavy atom. The summed E-state index contributed by atoms with van der Waals surface area (Å²) in [6, 6.07) is 3.29. The lowest BCUT2D eigenvalue weighted by atomic mass is 10.5. The van der Waals surface area contributed by atoms with Gasteiger partial charge in [-0.2, -0.15) is 4.40 Å². The van der Waals surface area contributed by atoms with E-state index < -0.39 is 4.92 Å². The Hall–Kier alpha value is -1.62. The number of hydrogen-bond acceptors (Lipinski definition) is 3. The van der Waals surface area contributed by atoms with Gasteiger partial charge in [-0.05, 0) is 17.9 Å². The van der Waals surface area contributed by atoms with Crippen molar-refractivity contribution in [2.75, 3.05) is 0 Å². The largest absolute Gasteiger partial charge is 0.358 e. The summed E-state index contributed by atoms with van der Waals surface area (Å²) in [4.78, 5) is 14.3. The Morgan fingerprint density at radius 1 is 1.57 bits per heavy atom. The third-order valence-electron chi connectivity index (χ3n) is 1.90. The molecule has 5 nitrogen and oxygen atoms in total. The normalized spacial score (nSPS) is 10.7. The van der Waals surface area contributed by atoms with E-state index >= 15 is 0 Å². The van der Waals surface area contributed by atoms with Crippen LogP contribution in [-0.4, -0.2) is 14.3 Å². The number of aromatic nitrogens is 2. The predicted octanol–water partition coefficient (Wildman–Crippen LogP) is 2.20. The maximum Gasteiger partial charge on any atom is 0.350 e. The van der Waals surface area contributed by atoms with Crippen molar-refractivity contribution < 1.29 is 4.92 Å². The molecule has 0 aromatic carbocycles. The molecule has 0 bridgehead atoms. The standard InChI is InChI=1S/C8H6ClN3O2/c1-5-8(12(13)14)11-4-6(9)2-3-7(11)10-5/h2-4H,1H3. The first-order valence-corrected chi connectivity index (χ1v) is 4.26. The molecule has 0 radical (unpaired) electrons.